The molecule has 1 aromatic heterocycles. The van der Waals surface area contributed by atoms with E-state index < -0.39 is 0 Å². The number of fused-ring (bicyclic) bond motifs is 1. The molecule has 0 unspecified atom stereocenters. The Bertz CT molecular complexity index is 502. The molecule has 0 aliphatic carbocycles. The molecular formula is C11H9N3S. The highest BCUT2D eigenvalue weighted by Gasteiger charge is 2.14. The summed E-state index contributed by atoms with van der Waals surface area (Å²) in [4.78, 5) is 0. The van der Waals surface area contributed by atoms with Gasteiger partial charge >= 0.3 is 0 Å². The molecule has 0 saturated carbocycles. The molecule has 0 amide bonds. The number of hydrogen-bond donors (Lipinski definition) is 0. The van der Waals surface area contributed by atoms with Crippen LogP contribution in [0.1, 0.15) is 0 Å². The fourth-order valence-electron chi connectivity index (χ4n) is 1.60. The smallest absolute Gasteiger partial charge is 0.196 e. The second kappa shape index (κ2) is 3.55. The van der Waals surface area contributed by atoms with Crippen molar-refractivity contribution in [2.75, 3.05) is 0 Å². The lowest BCUT2D eigenvalue weighted by atomic mass is 10.2. The molecule has 1 aliphatic heterocycles. The molecule has 0 radical (unpaired) electrons. The summed E-state index contributed by atoms with van der Waals surface area (Å²) in [6.07, 6.45) is 2.12. The molecule has 0 bridgehead atoms. The molecular weight excluding hydrogens is 206 g/mol. The zero-order chi connectivity index (χ0) is 10.1. The van der Waals surface area contributed by atoms with Crippen molar-refractivity contribution in [2.24, 2.45) is 0 Å². The van der Waals surface area contributed by atoms with Crippen molar-refractivity contribution < 1.29 is 0 Å². The predicted molar refractivity (Wildman–Crippen MR) is 60.5 cm³/mol. The van der Waals surface area contributed by atoms with Gasteiger partial charge < -0.3 is 0 Å². The third kappa shape index (κ3) is 1.47. The second-order valence-electron chi connectivity index (χ2n) is 3.27. The first-order chi connectivity index (χ1) is 7.45. The Morgan fingerprint density at radius 3 is 2.87 bits per heavy atom. The van der Waals surface area contributed by atoms with Gasteiger partial charge in [-0.2, -0.15) is 0 Å². The number of aromatic nitrogens is 3. The minimum absolute atomic E-state index is 0.861. The van der Waals surface area contributed by atoms with Gasteiger partial charge in [0.25, 0.3) is 0 Å². The first kappa shape index (κ1) is 8.73. The van der Waals surface area contributed by atoms with E-state index in [9.17, 15) is 0 Å². The molecule has 1 aliphatic rings. The van der Waals surface area contributed by atoms with Crippen LogP contribution in [-0.4, -0.2) is 14.8 Å². The Kier molecular flexibility index (Phi) is 2.07. The molecule has 0 saturated heterocycles. The fourth-order valence-corrected chi connectivity index (χ4v) is 2.28. The maximum absolute atomic E-state index is 4.22. The van der Waals surface area contributed by atoms with Gasteiger partial charge in [0, 0.05) is 12.1 Å². The Morgan fingerprint density at radius 1 is 1.13 bits per heavy atom. The maximum atomic E-state index is 4.22. The lowest BCUT2D eigenvalue weighted by molar-refractivity contribution is 0.726. The Hall–Kier alpha value is -1.55. The lowest BCUT2D eigenvalue weighted by Gasteiger charge is -2.09. The molecule has 2 aromatic rings. The second-order valence-corrected chi connectivity index (χ2v) is 4.15. The van der Waals surface area contributed by atoms with E-state index in [0.717, 1.165) is 23.1 Å². The van der Waals surface area contributed by atoms with E-state index in [1.54, 1.807) is 11.8 Å². The number of thioether (sulfide) groups is 1. The lowest BCUT2D eigenvalue weighted by Crippen LogP contribution is -2.02. The van der Waals surface area contributed by atoms with Crippen LogP contribution < -0.4 is 0 Å². The minimum Gasteiger partial charge on any atom is -0.298 e. The molecule has 0 spiro atoms. The summed E-state index contributed by atoms with van der Waals surface area (Å²) in [5.41, 5.74) is 1.12. The van der Waals surface area contributed by atoms with Gasteiger partial charge in [-0.25, -0.2) is 0 Å². The van der Waals surface area contributed by atoms with Gasteiger partial charge in [0.1, 0.15) is 0 Å². The number of nitrogens with zero attached hydrogens (tertiary/aromatic N) is 3. The average molecular weight is 215 g/mol. The summed E-state index contributed by atoms with van der Waals surface area (Å²) in [5.74, 6) is 0.947. The molecule has 2 heterocycles. The largest absolute Gasteiger partial charge is 0.298 e. The van der Waals surface area contributed by atoms with Gasteiger partial charge in [0.05, 0.1) is 0 Å². The molecule has 0 atom stereocenters. The molecule has 0 fully saturated rings. The van der Waals surface area contributed by atoms with Crippen LogP contribution in [0.25, 0.3) is 11.4 Å². The molecule has 15 heavy (non-hydrogen) atoms. The zero-order valence-electron chi connectivity index (χ0n) is 8.00. The van der Waals surface area contributed by atoms with Crippen LogP contribution in [0.2, 0.25) is 0 Å². The summed E-state index contributed by atoms with van der Waals surface area (Å²) < 4.78 is 2.12. The van der Waals surface area contributed by atoms with E-state index in [-0.39, 0.29) is 0 Å². The van der Waals surface area contributed by atoms with Crippen molar-refractivity contribution in [3.63, 3.8) is 0 Å². The van der Waals surface area contributed by atoms with Gasteiger partial charge in [-0.05, 0) is 5.41 Å². The Labute approximate surface area is 91.8 Å². The van der Waals surface area contributed by atoms with Gasteiger partial charge in [-0.15, -0.1) is 10.2 Å². The third-order valence-corrected chi connectivity index (χ3v) is 3.15. The number of rotatable bonds is 1. The molecule has 3 nitrogen and oxygen atoms in total. The predicted octanol–water partition coefficient (Wildman–Crippen LogP) is 2.56. The highest BCUT2D eigenvalue weighted by molar-refractivity contribution is 8.02. The Morgan fingerprint density at radius 2 is 2.00 bits per heavy atom. The SMILES string of the molecule is C1=CSc2nnc(-c3ccccc3)n2C1. The van der Waals surface area contributed by atoms with Gasteiger partial charge in [-0.3, -0.25) is 4.57 Å². The topological polar surface area (TPSA) is 30.7 Å². The van der Waals surface area contributed by atoms with Crippen molar-refractivity contribution in [1.29, 1.82) is 0 Å². The summed E-state index contributed by atoms with van der Waals surface area (Å²) in [7, 11) is 0. The van der Waals surface area contributed by atoms with Crippen molar-refractivity contribution in [1.82, 2.24) is 14.8 Å². The summed E-state index contributed by atoms with van der Waals surface area (Å²) >= 11 is 1.61. The van der Waals surface area contributed by atoms with E-state index >= 15 is 0 Å². The minimum atomic E-state index is 0.861. The molecule has 3 rings (SSSR count). The molecule has 74 valence electrons. The van der Waals surface area contributed by atoms with Crippen LogP contribution >= 0.6 is 11.8 Å². The first-order valence-corrected chi connectivity index (χ1v) is 5.63. The van der Waals surface area contributed by atoms with Crippen molar-refractivity contribution in [3.8, 4) is 11.4 Å². The van der Waals surface area contributed by atoms with E-state index in [2.05, 4.69) is 38.4 Å². The molecule has 0 N–H and O–H groups in total. The van der Waals surface area contributed by atoms with Gasteiger partial charge in [-0.1, -0.05) is 48.2 Å². The Balaban J connectivity index is 2.11. The van der Waals surface area contributed by atoms with Crippen molar-refractivity contribution in [2.45, 2.75) is 11.7 Å². The standard InChI is InChI=1S/C11H9N3S/c1-2-5-9(6-3-1)10-12-13-11-14(10)7-4-8-15-11/h1-6,8H,7H2. The van der Waals surface area contributed by atoms with E-state index in [4.69, 9.17) is 0 Å². The summed E-state index contributed by atoms with van der Waals surface area (Å²) in [5, 5.41) is 11.4. The molecule has 1 aromatic carbocycles. The van der Waals surface area contributed by atoms with Gasteiger partial charge in [0.15, 0.2) is 11.0 Å². The zero-order valence-corrected chi connectivity index (χ0v) is 8.81. The normalized spacial score (nSPS) is 13.9. The third-order valence-electron chi connectivity index (χ3n) is 2.31. The van der Waals surface area contributed by atoms with E-state index in [1.165, 1.54) is 0 Å². The van der Waals surface area contributed by atoms with E-state index in [1.807, 2.05) is 18.2 Å². The first-order valence-electron chi connectivity index (χ1n) is 4.75. The van der Waals surface area contributed by atoms with Crippen LogP contribution in [0.3, 0.4) is 0 Å². The fraction of sp³-hybridized carbons (Fsp3) is 0.0909. The summed E-state index contributed by atoms with van der Waals surface area (Å²) in [6, 6.07) is 10.2. The monoisotopic (exact) mass is 215 g/mol. The van der Waals surface area contributed by atoms with Crippen molar-refractivity contribution in [3.05, 3.63) is 41.8 Å². The maximum Gasteiger partial charge on any atom is 0.196 e. The van der Waals surface area contributed by atoms with Crippen molar-refractivity contribution >= 4 is 11.8 Å². The van der Waals surface area contributed by atoms with Crippen LogP contribution in [0.15, 0.2) is 47.0 Å². The quantitative estimate of drug-likeness (QED) is 0.732. The van der Waals surface area contributed by atoms with Gasteiger partial charge in [0.2, 0.25) is 0 Å². The highest BCUT2D eigenvalue weighted by Crippen LogP contribution is 2.27. The van der Waals surface area contributed by atoms with E-state index in [0.29, 0.717) is 0 Å². The van der Waals surface area contributed by atoms with Crippen LogP contribution in [0.5, 0.6) is 0 Å². The van der Waals surface area contributed by atoms with Crippen LogP contribution in [-0.2, 0) is 6.54 Å². The number of benzene rings is 1. The van der Waals surface area contributed by atoms with Crippen LogP contribution in [0.4, 0.5) is 0 Å². The highest BCUT2D eigenvalue weighted by atomic mass is 32.2. The summed E-state index contributed by atoms with van der Waals surface area (Å²) in [6.45, 7) is 0.861. The van der Waals surface area contributed by atoms with Crippen LogP contribution in [0, 0.1) is 0 Å². The number of hydrogen-bond acceptors (Lipinski definition) is 3. The average Bonchev–Trinajstić information content (AvgIpc) is 2.74. The number of allylic oxidation sites excluding steroid dienone is 1. The molecule has 4 heteroatoms.